The van der Waals surface area contributed by atoms with E-state index in [1.807, 2.05) is 20.0 Å². The summed E-state index contributed by atoms with van der Waals surface area (Å²) in [5.41, 5.74) is 5.75. The lowest BCUT2D eigenvalue weighted by atomic mass is 9.97. The van der Waals surface area contributed by atoms with Crippen LogP contribution in [0.1, 0.15) is 34.0 Å². The zero-order valence-electron chi connectivity index (χ0n) is 14.3. The second kappa shape index (κ2) is 7.20. The minimum absolute atomic E-state index is 0.113. The molecule has 0 fully saturated rings. The monoisotopic (exact) mass is 339 g/mol. The topological polar surface area (TPSA) is 29.9 Å². The third-order valence-electron chi connectivity index (χ3n) is 4.30. The summed E-state index contributed by atoms with van der Waals surface area (Å²) in [6.45, 7) is 4.77. The molecule has 0 amide bonds. The number of aryl methyl sites for hydroxylation is 3. The Kier molecular flexibility index (Phi) is 5.03. The Labute approximate surface area is 148 Å². The van der Waals surface area contributed by atoms with Gasteiger partial charge in [0.15, 0.2) is 0 Å². The van der Waals surface area contributed by atoms with Crippen LogP contribution in [0.5, 0.6) is 0 Å². The van der Waals surface area contributed by atoms with Crippen molar-refractivity contribution in [1.82, 2.24) is 15.1 Å². The molecule has 1 heterocycles. The Morgan fingerprint density at radius 1 is 1.00 bits per heavy atom. The van der Waals surface area contributed by atoms with E-state index in [2.05, 4.69) is 65.9 Å². The molecule has 0 saturated heterocycles. The van der Waals surface area contributed by atoms with Crippen LogP contribution in [0.25, 0.3) is 0 Å². The Balaban J connectivity index is 1.89. The van der Waals surface area contributed by atoms with Crippen LogP contribution in [0.3, 0.4) is 0 Å². The minimum Gasteiger partial charge on any atom is -0.302 e. The SMILES string of the molecule is Cc1ccc(C(NCc2c(C)nn(C)c2Cl)c2ccccc2)cc1. The molecular weight excluding hydrogens is 318 g/mol. The molecule has 2 aromatic carbocycles. The lowest BCUT2D eigenvalue weighted by Crippen LogP contribution is -2.22. The zero-order valence-corrected chi connectivity index (χ0v) is 15.0. The molecule has 0 aliphatic heterocycles. The summed E-state index contributed by atoms with van der Waals surface area (Å²) in [5.74, 6) is 0. The van der Waals surface area contributed by atoms with E-state index in [4.69, 9.17) is 11.6 Å². The third kappa shape index (κ3) is 3.53. The minimum atomic E-state index is 0.113. The molecule has 0 aliphatic rings. The first-order valence-electron chi connectivity index (χ1n) is 8.09. The van der Waals surface area contributed by atoms with Crippen molar-refractivity contribution in [3.8, 4) is 0 Å². The highest BCUT2D eigenvalue weighted by molar-refractivity contribution is 6.30. The maximum Gasteiger partial charge on any atom is 0.131 e. The number of rotatable bonds is 5. The summed E-state index contributed by atoms with van der Waals surface area (Å²) in [6.07, 6.45) is 0. The molecule has 3 rings (SSSR count). The van der Waals surface area contributed by atoms with E-state index in [-0.39, 0.29) is 6.04 Å². The van der Waals surface area contributed by atoms with Gasteiger partial charge in [0.2, 0.25) is 0 Å². The molecule has 0 bridgehead atoms. The molecule has 0 spiro atoms. The number of benzene rings is 2. The van der Waals surface area contributed by atoms with Crippen LogP contribution in [-0.4, -0.2) is 9.78 Å². The van der Waals surface area contributed by atoms with Gasteiger partial charge in [0.05, 0.1) is 11.7 Å². The fraction of sp³-hybridized carbons (Fsp3) is 0.250. The maximum absolute atomic E-state index is 6.37. The highest BCUT2D eigenvalue weighted by Gasteiger charge is 2.16. The van der Waals surface area contributed by atoms with Gasteiger partial charge in [-0.2, -0.15) is 5.10 Å². The second-order valence-corrected chi connectivity index (χ2v) is 6.47. The molecular formula is C20H22ClN3. The van der Waals surface area contributed by atoms with Gasteiger partial charge in [-0.25, -0.2) is 0 Å². The number of hydrogen-bond acceptors (Lipinski definition) is 2. The largest absolute Gasteiger partial charge is 0.302 e. The van der Waals surface area contributed by atoms with Crippen LogP contribution < -0.4 is 5.32 Å². The molecule has 0 saturated carbocycles. The first-order valence-corrected chi connectivity index (χ1v) is 8.47. The van der Waals surface area contributed by atoms with E-state index < -0.39 is 0 Å². The molecule has 124 valence electrons. The van der Waals surface area contributed by atoms with Gasteiger partial charge >= 0.3 is 0 Å². The van der Waals surface area contributed by atoms with Crippen LogP contribution in [0.2, 0.25) is 5.15 Å². The van der Waals surface area contributed by atoms with Crippen LogP contribution in [-0.2, 0) is 13.6 Å². The normalized spacial score (nSPS) is 12.3. The van der Waals surface area contributed by atoms with Crippen molar-refractivity contribution in [2.45, 2.75) is 26.4 Å². The predicted octanol–water partition coefficient (Wildman–Crippen LogP) is 4.57. The van der Waals surface area contributed by atoms with E-state index in [0.717, 1.165) is 11.3 Å². The Morgan fingerprint density at radius 2 is 1.62 bits per heavy atom. The lowest BCUT2D eigenvalue weighted by Gasteiger charge is -2.20. The zero-order chi connectivity index (χ0) is 17.1. The molecule has 4 heteroatoms. The van der Waals surface area contributed by atoms with E-state index in [0.29, 0.717) is 11.7 Å². The van der Waals surface area contributed by atoms with Crippen LogP contribution in [0, 0.1) is 13.8 Å². The summed E-state index contributed by atoms with van der Waals surface area (Å²) < 4.78 is 1.72. The van der Waals surface area contributed by atoms with Crippen molar-refractivity contribution >= 4 is 11.6 Å². The van der Waals surface area contributed by atoms with Crippen molar-refractivity contribution in [2.75, 3.05) is 0 Å². The first-order chi connectivity index (χ1) is 11.6. The third-order valence-corrected chi connectivity index (χ3v) is 4.77. The Bertz CT molecular complexity index is 807. The molecule has 1 aromatic heterocycles. The summed E-state index contributed by atoms with van der Waals surface area (Å²) in [7, 11) is 1.87. The smallest absolute Gasteiger partial charge is 0.131 e. The molecule has 1 unspecified atom stereocenters. The number of nitrogens with one attached hydrogen (secondary N) is 1. The number of hydrogen-bond donors (Lipinski definition) is 1. The fourth-order valence-corrected chi connectivity index (χ4v) is 3.15. The van der Waals surface area contributed by atoms with E-state index >= 15 is 0 Å². The lowest BCUT2D eigenvalue weighted by molar-refractivity contribution is 0.603. The summed E-state index contributed by atoms with van der Waals surface area (Å²) >= 11 is 6.37. The highest BCUT2D eigenvalue weighted by atomic mass is 35.5. The standard InChI is InChI=1S/C20H22ClN3/c1-14-9-11-17(12-10-14)19(16-7-5-4-6-8-16)22-13-18-15(2)23-24(3)20(18)21/h4-12,19,22H,13H2,1-3H3. The van der Waals surface area contributed by atoms with Crippen molar-refractivity contribution in [3.05, 3.63) is 87.7 Å². The number of halogens is 1. The first kappa shape index (κ1) is 16.7. The molecule has 0 aliphatic carbocycles. The van der Waals surface area contributed by atoms with Crippen LogP contribution in [0.4, 0.5) is 0 Å². The molecule has 0 radical (unpaired) electrons. The highest BCUT2D eigenvalue weighted by Crippen LogP contribution is 2.25. The average Bonchev–Trinajstić information content (AvgIpc) is 2.83. The Morgan fingerprint density at radius 3 is 2.21 bits per heavy atom. The van der Waals surface area contributed by atoms with E-state index in [1.165, 1.54) is 16.7 Å². The quantitative estimate of drug-likeness (QED) is 0.738. The molecule has 1 atom stereocenters. The second-order valence-electron chi connectivity index (χ2n) is 6.11. The van der Waals surface area contributed by atoms with Crippen molar-refractivity contribution < 1.29 is 0 Å². The summed E-state index contributed by atoms with van der Waals surface area (Å²) in [6, 6.07) is 19.2. The van der Waals surface area contributed by atoms with Gasteiger partial charge in [-0.3, -0.25) is 4.68 Å². The van der Waals surface area contributed by atoms with Gasteiger partial charge in [-0.1, -0.05) is 71.8 Å². The van der Waals surface area contributed by atoms with Gasteiger partial charge < -0.3 is 5.32 Å². The van der Waals surface area contributed by atoms with Crippen LogP contribution in [0.15, 0.2) is 54.6 Å². The summed E-state index contributed by atoms with van der Waals surface area (Å²) in [5, 5.41) is 8.73. The van der Waals surface area contributed by atoms with Gasteiger partial charge in [-0.15, -0.1) is 0 Å². The van der Waals surface area contributed by atoms with Crippen molar-refractivity contribution in [2.24, 2.45) is 7.05 Å². The van der Waals surface area contributed by atoms with E-state index in [1.54, 1.807) is 4.68 Å². The fourth-order valence-electron chi connectivity index (χ4n) is 2.91. The van der Waals surface area contributed by atoms with Gasteiger partial charge in [0.1, 0.15) is 5.15 Å². The van der Waals surface area contributed by atoms with E-state index in [9.17, 15) is 0 Å². The molecule has 3 aromatic rings. The molecule has 24 heavy (non-hydrogen) atoms. The van der Waals surface area contributed by atoms with Crippen molar-refractivity contribution in [3.63, 3.8) is 0 Å². The average molecular weight is 340 g/mol. The molecule has 1 N–H and O–H groups in total. The van der Waals surface area contributed by atoms with Gasteiger partial charge in [0, 0.05) is 19.2 Å². The maximum atomic E-state index is 6.37. The number of nitrogens with zero attached hydrogens (tertiary/aromatic N) is 2. The predicted molar refractivity (Wildman–Crippen MR) is 99.3 cm³/mol. The van der Waals surface area contributed by atoms with Gasteiger partial charge in [-0.05, 0) is 25.0 Å². The van der Waals surface area contributed by atoms with Crippen molar-refractivity contribution in [1.29, 1.82) is 0 Å². The van der Waals surface area contributed by atoms with Gasteiger partial charge in [0.25, 0.3) is 0 Å². The Hall–Kier alpha value is -2.10. The summed E-state index contributed by atoms with van der Waals surface area (Å²) in [4.78, 5) is 0. The van der Waals surface area contributed by atoms with Crippen LogP contribution >= 0.6 is 11.6 Å². The molecule has 3 nitrogen and oxygen atoms in total. The number of aromatic nitrogens is 2.